The second-order valence-electron chi connectivity index (χ2n) is 5.21. The summed E-state index contributed by atoms with van der Waals surface area (Å²) in [5.41, 5.74) is 1.54. The molecule has 0 aliphatic carbocycles. The van der Waals surface area contributed by atoms with Gasteiger partial charge in [-0.2, -0.15) is 0 Å². The number of aromatic nitrogens is 3. The maximum absolute atomic E-state index is 12.5. The number of nitrogens with zero attached hydrogens (tertiary/aromatic N) is 4. The van der Waals surface area contributed by atoms with Gasteiger partial charge in [0, 0.05) is 18.0 Å². The predicted octanol–water partition coefficient (Wildman–Crippen LogP) is 4.33. The molecule has 0 aliphatic heterocycles. The normalized spacial score (nSPS) is 11.5. The lowest BCUT2D eigenvalue weighted by molar-refractivity contribution is 0.0515. The Hall–Kier alpha value is -2.77. The van der Waals surface area contributed by atoms with Crippen LogP contribution in [-0.4, -0.2) is 26.8 Å². The van der Waals surface area contributed by atoms with E-state index in [0.717, 1.165) is 0 Å². The molecular weight excluding hydrogens is 379 g/mol. The predicted molar refractivity (Wildman–Crippen MR) is 96.4 cm³/mol. The molecule has 0 aliphatic rings. The number of hydrogen-bond acceptors (Lipinski definition) is 7. The lowest BCUT2D eigenvalue weighted by atomic mass is 10.1. The Morgan fingerprint density at radius 3 is 2.62 bits per heavy atom. The zero-order chi connectivity index (χ0) is 18.7. The van der Waals surface area contributed by atoms with Crippen molar-refractivity contribution in [3.63, 3.8) is 0 Å². The number of rotatable bonds is 4. The van der Waals surface area contributed by atoms with Gasteiger partial charge in [0.1, 0.15) is 28.4 Å². The molecule has 3 rings (SSSR count). The van der Waals surface area contributed by atoms with Gasteiger partial charge in [-0.15, -0.1) is 0 Å². The lowest BCUT2D eigenvalue weighted by Gasteiger charge is -2.05. The molecule has 0 radical (unpaired) electrons. The van der Waals surface area contributed by atoms with Crippen LogP contribution in [0, 0.1) is 6.92 Å². The van der Waals surface area contributed by atoms with Gasteiger partial charge in [-0.05, 0) is 26.0 Å². The van der Waals surface area contributed by atoms with E-state index in [0.29, 0.717) is 27.0 Å². The molecule has 0 bridgehead atoms. The molecule has 132 valence electrons. The molecule has 0 amide bonds. The fourth-order valence-electron chi connectivity index (χ4n) is 2.20. The fourth-order valence-corrected chi connectivity index (χ4v) is 2.77. The molecule has 7 nitrogen and oxygen atoms in total. The molecule has 0 unspecified atom stereocenters. The standard InChI is InChI=1S/C17H12Cl2N4O3/c1-9(13-8-20-6-7-21-13)22-26-17(24)14-10(2)25-23-16(14)15-11(18)4-3-5-12(15)19/h3-8H,1-2H3/b22-9+. The maximum atomic E-state index is 12.5. The molecule has 2 aromatic heterocycles. The first-order chi connectivity index (χ1) is 12.5. The van der Waals surface area contributed by atoms with E-state index in [2.05, 4.69) is 20.3 Å². The van der Waals surface area contributed by atoms with Crippen LogP contribution in [0.2, 0.25) is 10.0 Å². The van der Waals surface area contributed by atoms with Crippen LogP contribution in [0.4, 0.5) is 0 Å². The summed E-state index contributed by atoms with van der Waals surface area (Å²) in [7, 11) is 0. The first-order valence-electron chi connectivity index (χ1n) is 7.42. The summed E-state index contributed by atoms with van der Waals surface area (Å²) in [6, 6.07) is 4.96. The number of carbonyl (C=O) groups is 1. The molecule has 26 heavy (non-hydrogen) atoms. The van der Waals surface area contributed by atoms with E-state index in [-0.39, 0.29) is 17.0 Å². The van der Waals surface area contributed by atoms with Crippen LogP contribution in [0.1, 0.15) is 28.7 Å². The van der Waals surface area contributed by atoms with E-state index in [1.54, 1.807) is 32.0 Å². The smallest absolute Gasteiger partial charge is 0.360 e. The Morgan fingerprint density at radius 2 is 1.96 bits per heavy atom. The Bertz CT molecular complexity index is 967. The van der Waals surface area contributed by atoms with Crippen LogP contribution >= 0.6 is 23.2 Å². The number of carbonyl (C=O) groups excluding carboxylic acids is 1. The third-order valence-corrected chi connectivity index (χ3v) is 4.10. The number of hydrogen-bond donors (Lipinski definition) is 0. The van der Waals surface area contributed by atoms with Crippen molar-refractivity contribution in [1.29, 1.82) is 0 Å². The quantitative estimate of drug-likeness (QED) is 0.374. The molecule has 0 N–H and O–H groups in total. The molecule has 0 saturated heterocycles. The minimum absolute atomic E-state index is 0.0932. The third-order valence-electron chi connectivity index (χ3n) is 3.47. The molecule has 3 aromatic rings. The van der Waals surface area contributed by atoms with Crippen molar-refractivity contribution in [3.05, 3.63) is 63.9 Å². The Labute approximate surface area is 158 Å². The van der Waals surface area contributed by atoms with Gasteiger partial charge in [0.05, 0.1) is 16.2 Å². The molecule has 0 saturated carbocycles. The van der Waals surface area contributed by atoms with Crippen molar-refractivity contribution in [1.82, 2.24) is 15.1 Å². The average molecular weight is 391 g/mol. The molecular formula is C17H12Cl2N4O3. The molecule has 0 spiro atoms. The van der Waals surface area contributed by atoms with Gasteiger partial charge in [-0.1, -0.05) is 39.6 Å². The molecule has 0 atom stereocenters. The highest BCUT2D eigenvalue weighted by molar-refractivity contribution is 6.39. The third kappa shape index (κ3) is 3.58. The fraction of sp³-hybridized carbons (Fsp3) is 0.118. The molecule has 0 fully saturated rings. The highest BCUT2D eigenvalue weighted by Crippen LogP contribution is 2.36. The van der Waals surface area contributed by atoms with E-state index in [1.807, 2.05) is 0 Å². The highest BCUT2D eigenvalue weighted by atomic mass is 35.5. The Balaban J connectivity index is 1.93. The first-order valence-corrected chi connectivity index (χ1v) is 8.17. The van der Waals surface area contributed by atoms with Crippen LogP contribution in [0.15, 0.2) is 46.5 Å². The van der Waals surface area contributed by atoms with Gasteiger partial charge < -0.3 is 9.36 Å². The van der Waals surface area contributed by atoms with E-state index in [1.165, 1.54) is 18.6 Å². The Kier molecular flexibility index (Phi) is 5.29. The van der Waals surface area contributed by atoms with Crippen molar-refractivity contribution >= 4 is 34.9 Å². The van der Waals surface area contributed by atoms with E-state index in [9.17, 15) is 4.79 Å². The van der Waals surface area contributed by atoms with Gasteiger partial charge in [-0.25, -0.2) is 4.79 Å². The molecule has 1 aromatic carbocycles. The van der Waals surface area contributed by atoms with Gasteiger partial charge >= 0.3 is 5.97 Å². The lowest BCUT2D eigenvalue weighted by Crippen LogP contribution is -2.07. The van der Waals surface area contributed by atoms with E-state index in [4.69, 9.17) is 32.6 Å². The van der Waals surface area contributed by atoms with Crippen molar-refractivity contribution in [2.45, 2.75) is 13.8 Å². The SMILES string of the molecule is C/C(=N\OC(=O)c1c(-c2c(Cl)cccc2Cl)noc1C)c1cnccn1. The number of halogens is 2. The van der Waals surface area contributed by atoms with Crippen LogP contribution in [0.25, 0.3) is 11.3 Å². The summed E-state index contributed by atoms with van der Waals surface area (Å²) in [5.74, 6) is -0.494. The summed E-state index contributed by atoms with van der Waals surface area (Å²) in [4.78, 5) is 25.6. The number of benzene rings is 1. The largest absolute Gasteiger partial charge is 0.371 e. The summed E-state index contributed by atoms with van der Waals surface area (Å²) in [6.45, 7) is 3.22. The minimum atomic E-state index is -0.752. The summed E-state index contributed by atoms with van der Waals surface area (Å²) in [6.07, 6.45) is 4.55. The Morgan fingerprint density at radius 1 is 1.23 bits per heavy atom. The monoisotopic (exact) mass is 390 g/mol. The molecule has 9 heteroatoms. The average Bonchev–Trinajstić information content (AvgIpc) is 3.01. The van der Waals surface area contributed by atoms with Crippen molar-refractivity contribution < 1.29 is 14.2 Å². The number of oxime groups is 1. The topological polar surface area (TPSA) is 90.5 Å². The van der Waals surface area contributed by atoms with Crippen LogP contribution in [0.3, 0.4) is 0 Å². The van der Waals surface area contributed by atoms with Gasteiger partial charge in [0.2, 0.25) is 0 Å². The van der Waals surface area contributed by atoms with E-state index >= 15 is 0 Å². The zero-order valence-electron chi connectivity index (χ0n) is 13.7. The summed E-state index contributed by atoms with van der Waals surface area (Å²) < 4.78 is 5.13. The van der Waals surface area contributed by atoms with Gasteiger partial charge in [-0.3, -0.25) is 9.97 Å². The summed E-state index contributed by atoms with van der Waals surface area (Å²) in [5, 5.41) is 8.36. The summed E-state index contributed by atoms with van der Waals surface area (Å²) >= 11 is 12.4. The van der Waals surface area contributed by atoms with Crippen molar-refractivity contribution in [3.8, 4) is 11.3 Å². The second kappa shape index (κ2) is 7.63. The zero-order valence-corrected chi connectivity index (χ0v) is 15.2. The second-order valence-corrected chi connectivity index (χ2v) is 6.02. The maximum Gasteiger partial charge on any atom is 0.371 e. The van der Waals surface area contributed by atoms with E-state index < -0.39 is 5.97 Å². The van der Waals surface area contributed by atoms with Crippen molar-refractivity contribution in [2.24, 2.45) is 5.16 Å². The van der Waals surface area contributed by atoms with Gasteiger partial charge in [0.25, 0.3) is 0 Å². The minimum Gasteiger partial charge on any atom is -0.360 e. The van der Waals surface area contributed by atoms with Crippen molar-refractivity contribution in [2.75, 3.05) is 0 Å². The molecule has 2 heterocycles. The first kappa shape index (κ1) is 18.0. The van der Waals surface area contributed by atoms with Crippen LogP contribution in [-0.2, 0) is 4.84 Å². The highest BCUT2D eigenvalue weighted by Gasteiger charge is 2.26. The van der Waals surface area contributed by atoms with Gasteiger partial charge in [0.15, 0.2) is 0 Å². The van der Waals surface area contributed by atoms with Crippen LogP contribution in [0.5, 0.6) is 0 Å². The number of aryl methyl sites for hydroxylation is 1. The van der Waals surface area contributed by atoms with Crippen LogP contribution < -0.4 is 0 Å².